The van der Waals surface area contributed by atoms with Gasteiger partial charge >= 0.3 is 0 Å². The molecular weight excluding hydrogens is 374 g/mol. The van der Waals surface area contributed by atoms with E-state index in [1.165, 1.54) is 0 Å². The Kier molecular flexibility index (Phi) is 5.40. The van der Waals surface area contributed by atoms with Crippen molar-refractivity contribution in [3.05, 3.63) is 82.9 Å². The van der Waals surface area contributed by atoms with E-state index in [4.69, 9.17) is 4.98 Å². The van der Waals surface area contributed by atoms with Gasteiger partial charge in [-0.1, -0.05) is 42.5 Å². The van der Waals surface area contributed by atoms with Crippen molar-refractivity contribution in [1.29, 1.82) is 0 Å². The van der Waals surface area contributed by atoms with Gasteiger partial charge in [0.1, 0.15) is 11.9 Å². The molecule has 0 aliphatic heterocycles. The van der Waals surface area contributed by atoms with Crippen LogP contribution in [0.4, 0.5) is 0 Å². The number of benzene rings is 2. The molecule has 1 unspecified atom stereocenters. The highest BCUT2D eigenvalue weighted by atomic mass is 16.1. The number of hydrogen-bond acceptors (Lipinski definition) is 3. The van der Waals surface area contributed by atoms with Crippen molar-refractivity contribution in [2.24, 2.45) is 14.1 Å². The fourth-order valence-electron chi connectivity index (χ4n) is 4.02. The monoisotopic (exact) mass is 401 g/mol. The minimum atomic E-state index is -0.313. The van der Waals surface area contributed by atoms with E-state index in [0.717, 1.165) is 39.4 Å². The van der Waals surface area contributed by atoms with E-state index < -0.39 is 0 Å². The molecule has 0 aliphatic rings. The number of fused-ring (bicyclic) bond motifs is 1. The van der Waals surface area contributed by atoms with E-state index in [9.17, 15) is 4.79 Å². The third kappa shape index (κ3) is 3.73. The lowest BCUT2D eigenvalue weighted by atomic mass is 10.0. The van der Waals surface area contributed by atoms with Crippen LogP contribution in [0.1, 0.15) is 40.8 Å². The summed E-state index contributed by atoms with van der Waals surface area (Å²) in [4.78, 5) is 17.8. The zero-order valence-electron chi connectivity index (χ0n) is 17.9. The highest BCUT2D eigenvalue weighted by Crippen LogP contribution is 2.25. The summed E-state index contributed by atoms with van der Waals surface area (Å²) < 4.78 is 3.93. The zero-order valence-corrected chi connectivity index (χ0v) is 17.9. The van der Waals surface area contributed by atoms with E-state index >= 15 is 0 Å². The first-order chi connectivity index (χ1) is 14.5. The van der Waals surface area contributed by atoms with Gasteiger partial charge in [-0.25, -0.2) is 4.98 Å². The van der Waals surface area contributed by atoms with Gasteiger partial charge in [0.15, 0.2) is 0 Å². The van der Waals surface area contributed by atoms with Crippen LogP contribution in [0.15, 0.2) is 54.6 Å². The molecule has 2 heterocycles. The number of nitrogens with zero attached hydrogens (tertiary/aromatic N) is 4. The van der Waals surface area contributed by atoms with E-state index in [0.29, 0.717) is 12.8 Å². The molecule has 2 aromatic heterocycles. The fraction of sp³-hybridized carbons (Fsp3) is 0.292. The molecule has 6 heteroatoms. The van der Waals surface area contributed by atoms with Crippen molar-refractivity contribution >= 4 is 16.9 Å². The molecule has 0 saturated carbocycles. The Balaban J connectivity index is 1.60. The van der Waals surface area contributed by atoms with Crippen molar-refractivity contribution in [2.75, 3.05) is 0 Å². The first kappa shape index (κ1) is 19.9. The van der Waals surface area contributed by atoms with Crippen LogP contribution in [-0.2, 0) is 25.3 Å². The molecule has 0 spiro atoms. The third-order valence-corrected chi connectivity index (χ3v) is 5.78. The van der Waals surface area contributed by atoms with E-state index in [2.05, 4.69) is 15.0 Å². The third-order valence-electron chi connectivity index (χ3n) is 5.78. The summed E-state index contributed by atoms with van der Waals surface area (Å²) in [5.74, 6) is 0.822. The lowest BCUT2D eigenvalue weighted by molar-refractivity contribution is -0.121. The summed E-state index contributed by atoms with van der Waals surface area (Å²) in [7, 11) is 3.93. The average molecular weight is 402 g/mol. The molecule has 0 radical (unpaired) electrons. The number of nitrogens with one attached hydrogen (secondary N) is 1. The Morgan fingerprint density at radius 3 is 2.40 bits per heavy atom. The highest BCUT2D eigenvalue weighted by Gasteiger charge is 2.23. The van der Waals surface area contributed by atoms with Gasteiger partial charge in [0.2, 0.25) is 5.91 Å². The summed E-state index contributed by atoms with van der Waals surface area (Å²) in [5.41, 5.74) is 6.22. The van der Waals surface area contributed by atoms with Gasteiger partial charge < -0.3 is 9.88 Å². The summed E-state index contributed by atoms with van der Waals surface area (Å²) >= 11 is 0. The van der Waals surface area contributed by atoms with Crippen molar-refractivity contribution in [2.45, 2.75) is 32.7 Å². The number of amides is 1. The van der Waals surface area contributed by atoms with Crippen molar-refractivity contribution in [3.8, 4) is 0 Å². The molecule has 6 nitrogen and oxygen atoms in total. The largest absolute Gasteiger partial charge is 0.342 e. The number of aromatic nitrogens is 4. The van der Waals surface area contributed by atoms with Crippen LogP contribution in [0, 0.1) is 13.8 Å². The molecular formula is C24H27N5O. The molecule has 4 rings (SSSR count). The molecule has 0 saturated heterocycles. The van der Waals surface area contributed by atoms with Gasteiger partial charge in [-0.3, -0.25) is 9.48 Å². The van der Waals surface area contributed by atoms with Gasteiger partial charge in [-0.05, 0) is 43.5 Å². The molecule has 1 atom stereocenters. The van der Waals surface area contributed by atoms with Crippen LogP contribution in [0.5, 0.6) is 0 Å². The second-order valence-corrected chi connectivity index (χ2v) is 7.70. The van der Waals surface area contributed by atoms with Gasteiger partial charge in [-0.15, -0.1) is 0 Å². The second-order valence-electron chi connectivity index (χ2n) is 7.70. The average Bonchev–Trinajstić information content (AvgIpc) is 3.21. The summed E-state index contributed by atoms with van der Waals surface area (Å²) in [5, 5.41) is 7.67. The molecule has 1 N–H and O–H groups in total. The Labute approximate surface area is 176 Å². The zero-order chi connectivity index (χ0) is 21.3. The number of rotatable bonds is 6. The smallest absolute Gasteiger partial charge is 0.221 e. The molecule has 0 bridgehead atoms. The lowest BCUT2D eigenvalue weighted by Crippen LogP contribution is -2.31. The minimum absolute atomic E-state index is 0.00133. The van der Waals surface area contributed by atoms with E-state index in [1.54, 1.807) is 0 Å². The number of carbonyl (C=O) groups is 1. The number of carbonyl (C=O) groups excluding carboxylic acids is 1. The van der Waals surface area contributed by atoms with Gasteiger partial charge in [-0.2, -0.15) is 5.10 Å². The molecule has 1 amide bonds. The predicted octanol–water partition coefficient (Wildman–Crippen LogP) is 3.76. The van der Waals surface area contributed by atoms with E-state index in [1.807, 2.05) is 87.2 Å². The van der Waals surface area contributed by atoms with Crippen molar-refractivity contribution in [1.82, 2.24) is 24.6 Å². The first-order valence-electron chi connectivity index (χ1n) is 10.2. The number of para-hydroxylation sites is 2. The molecule has 0 fully saturated rings. The second kappa shape index (κ2) is 8.14. The summed E-state index contributed by atoms with van der Waals surface area (Å²) in [6.45, 7) is 4.03. The van der Waals surface area contributed by atoms with Crippen LogP contribution in [0.25, 0.3) is 11.0 Å². The minimum Gasteiger partial charge on any atom is -0.342 e. The molecule has 154 valence electrons. The Hall–Kier alpha value is -3.41. The molecule has 4 aromatic rings. The van der Waals surface area contributed by atoms with Gasteiger partial charge in [0.25, 0.3) is 0 Å². The topological polar surface area (TPSA) is 64.7 Å². The number of imidazole rings is 1. The SMILES string of the molecule is Cc1nn(C)c(C)c1CCC(=O)NC(c1ccccc1)c1nc2ccccc2n1C. The maximum atomic E-state index is 13.0. The Morgan fingerprint density at radius 2 is 1.73 bits per heavy atom. The van der Waals surface area contributed by atoms with Crippen molar-refractivity contribution in [3.63, 3.8) is 0 Å². The predicted molar refractivity (Wildman–Crippen MR) is 118 cm³/mol. The van der Waals surface area contributed by atoms with E-state index in [-0.39, 0.29) is 11.9 Å². The van der Waals surface area contributed by atoms with Crippen LogP contribution in [0.2, 0.25) is 0 Å². The summed E-state index contributed by atoms with van der Waals surface area (Å²) in [6, 6.07) is 17.7. The van der Waals surface area contributed by atoms with Gasteiger partial charge in [0.05, 0.1) is 16.7 Å². The highest BCUT2D eigenvalue weighted by molar-refractivity contribution is 5.79. The van der Waals surface area contributed by atoms with Crippen LogP contribution >= 0.6 is 0 Å². The quantitative estimate of drug-likeness (QED) is 0.535. The number of aryl methyl sites for hydroxylation is 3. The summed E-state index contributed by atoms with van der Waals surface area (Å²) in [6.07, 6.45) is 1.07. The maximum absolute atomic E-state index is 13.0. The van der Waals surface area contributed by atoms with Gasteiger partial charge in [0, 0.05) is 26.2 Å². The fourth-order valence-corrected chi connectivity index (χ4v) is 4.02. The van der Waals surface area contributed by atoms with Crippen LogP contribution < -0.4 is 5.32 Å². The Morgan fingerprint density at radius 1 is 1.03 bits per heavy atom. The van der Waals surface area contributed by atoms with Crippen molar-refractivity contribution < 1.29 is 4.79 Å². The molecule has 0 aliphatic carbocycles. The number of hydrogen-bond donors (Lipinski definition) is 1. The first-order valence-corrected chi connectivity index (χ1v) is 10.2. The normalized spacial score (nSPS) is 12.3. The van der Waals surface area contributed by atoms with Crippen LogP contribution in [-0.4, -0.2) is 25.2 Å². The molecule has 2 aromatic carbocycles. The lowest BCUT2D eigenvalue weighted by Gasteiger charge is -2.19. The molecule has 30 heavy (non-hydrogen) atoms. The van der Waals surface area contributed by atoms with Crippen LogP contribution in [0.3, 0.4) is 0 Å². The standard InChI is InChI=1S/C24H27N5O/c1-16-19(17(2)29(4)27-16)14-15-22(30)26-23(18-10-6-5-7-11-18)24-25-20-12-8-9-13-21(20)28(24)3/h5-13,23H,14-15H2,1-4H3,(H,26,30). The maximum Gasteiger partial charge on any atom is 0.221 e. The Bertz CT molecular complexity index is 1190.